The monoisotopic (exact) mass is 404 g/mol. The van der Waals surface area contributed by atoms with Gasteiger partial charge < -0.3 is 0 Å². The maximum atomic E-state index is 13.6. The van der Waals surface area contributed by atoms with Crippen molar-refractivity contribution >= 4 is 33.3 Å². The smallest absolute Gasteiger partial charge is 0.267 e. The molecule has 0 radical (unpaired) electrons. The van der Waals surface area contributed by atoms with Gasteiger partial charge in [-0.25, -0.2) is 4.98 Å². The van der Waals surface area contributed by atoms with E-state index in [4.69, 9.17) is 4.98 Å². The first-order valence-electron chi connectivity index (χ1n) is 9.53. The Balaban J connectivity index is 1.68. The molecule has 5 heteroatoms. The third kappa shape index (κ3) is 3.19. The molecule has 2 aromatic carbocycles. The van der Waals surface area contributed by atoms with Crippen LogP contribution in [0.15, 0.2) is 76.0 Å². The summed E-state index contributed by atoms with van der Waals surface area (Å²) >= 11 is 3.24. The number of hydrogen-bond donors (Lipinski definition) is 0. The van der Waals surface area contributed by atoms with E-state index in [0.29, 0.717) is 5.92 Å². The van der Waals surface area contributed by atoms with Crippen LogP contribution in [0.3, 0.4) is 0 Å². The van der Waals surface area contributed by atoms with Crippen LogP contribution in [0.25, 0.3) is 15.9 Å². The Morgan fingerprint density at radius 1 is 1.07 bits per heavy atom. The van der Waals surface area contributed by atoms with E-state index in [1.807, 2.05) is 36.4 Å². The van der Waals surface area contributed by atoms with Crippen LogP contribution < -0.4 is 5.56 Å². The van der Waals surface area contributed by atoms with Gasteiger partial charge in [0.2, 0.25) is 0 Å². The first kappa shape index (κ1) is 17.7. The van der Waals surface area contributed by atoms with Crippen molar-refractivity contribution in [2.75, 3.05) is 0 Å². The summed E-state index contributed by atoms with van der Waals surface area (Å²) in [5, 5.41) is 3.90. The summed E-state index contributed by atoms with van der Waals surface area (Å²) in [5.74, 6) is 0.536. The maximum Gasteiger partial charge on any atom is 0.267 e. The van der Waals surface area contributed by atoms with E-state index in [-0.39, 0.29) is 10.8 Å². The van der Waals surface area contributed by atoms with E-state index in [2.05, 4.69) is 36.6 Å². The number of para-hydroxylation sites is 1. The van der Waals surface area contributed by atoms with E-state index in [9.17, 15) is 4.79 Å². The number of thiophene rings is 1. The highest BCUT2D eigenvalue weighted by atomic mass is 32.2. The molecule has 0 aliphatic heterocycles. The fourth-order valence-corrected chi connectivity index (χ4v) is 5.64. The molecule has 140 valence electrons. The van der Waals surface area contributed by atoms with Gasteiger partial charge in [-0.15, -0.1) is 11.3 Å². The van der Waals surface area contributed by atoms with Gasteiger partial charge in [-0.3, -0.25) is 9.36 Å². The highest BCUT2D eigenvalue weighted by molar-refractivity contribution is 7.99. The van der Waals surface area contributed by atoms with E-state index in [1.54, 1.807) is 27.7 Å². The summed E-state index contributed by atoms with van der Waals surface area (Å²) in [6.07, 6.45) is 2.36. The van der Waals surface area contributed by atoms with Gasteiger partial charge in [0.1, 0.15) is 4.83 Å². The molecule has 1 atom stereocenters. The molecule has 5 rings (SSSR count). The molecule has 2 heterocycles. The van der Waals surface area contributed by atoms with Crippen molar-refractivity contribution in [3.05, 3.63) is 87.5 Å². The fourth-order valence-electron chi connectivity index (χ4n) is 3.52. The molecule has 0 bridgehead atoms. The van der Waals surface area contributed by atoms with Gasteiger partial charge in [0.25, 0.3) is 5.56 Å². The Bertz CT molecular complexity index is 1180. The predicted octanol–water partition coefficient (Wildman–Crippen LogP) is 6.18. The lowest BCUT2D eigenvalue weighted by molar-refractivity contribution is 0.816. The molecule has 1 unspecified atom stereocenters. The third-order valence-electron chi connectivity index (χ3n) is 5.19. The van der Waals surface area contributed by atoms with Gasteiger partial charge >= 0.3 is 0 Å². The Hall–Kier alpha value is -2.37. The predicted molar refractivity (Wildman–Crippen MR) is 118 cm³/mol. The highest BCUT2D eigenvalue weighted by Gasteiger charge is 2.29. The zero-order chi connectivity index (χ0) is 19.1. The molecule has 0 N–H and O–H groups in total. The summed E-state index contributed by atoms with van der Waals surface area (Å²) in [7, 11) is 0. The summed E-state index contributed by atoms with van der Waals surface area (Å²) < 4.78 is 1.80. The maximum absolute atomic E-state index is 13.6. The summed E-state index contributed by atoms with van der Waals surface area (Å²) in [5.41, 5.74) is 3.35. The SMILES string of the molecule is CC(Sc1nc2scc(C3CC3)c2c(=O)n1-c1ccccc1)c1ccccc1. The van der Waals surface area contributed by atoms with Crippen LogP contribution >= 0.6 is 23.1 Å². The van der Waals surface area contributed by atoms with E-state index >= 15 is 0 Å². The minimum absolute atomic E-state index is 0.0575. The summed E-state index contributed by atoms with van der Waals surface area (Å²) in [6.45, 7) is 2.16. The van der Waals surface area contributed by atoms with Crippen LogP contribution in [0.2, 0.25) is 0 Å². The summed E-state index contributed by atoms with van der Waals surface area (Å²) in [6, 6.07) is 20.2. The van der Waals surface area contributed by atoms with Crippen molar-refractivity contribution < 1.29 is 0 Å². The molecule has 0 spiro atoms. The molecule has 1 aliphatic carbocycles. The molecule has 3 nitrogen and oxygen atoms in total. The van der Waals surface area contributed by atoms with E-state index < -0.39 is 0 Å². The van der Waals surface area contributed by atoms with Crippen molar-refractivity contribution in [3.8, 4) is 5.69 Å². The Morgan fingerprint density at radius 2 is 1.75 bits per heavy atom. The second kappa shape index (κ2) is 7.22. The zero-order valence-electron chi connectivity index (χ0n) is 15.5. The van der Waals surface area contributed by atoms with Gasteiger partial charge in [-0.2, -0.15) is 0 Å². The quantitative estimate of drug-likeness (QED) is 0.294. The highest BCUT2D eigenvalue weighted by Crippen LogP contribution is 2.44. The minimum Gasteiger partial charge on any atom is -0.268 e. The van der Waals surface area contributed by atoms with Gasteiger partial charge in [0, 0.05) is 5.25 Å². The van der Waals surface area contributed by atoms with Crippen molar-refractivity contribution in [2.45, 2.75) is 36.1 Å². The standard InChI is InChI=1S/C23H20N2OS2/c1-15(16-8-4-2-5-9-16)28-23-24-21-20(19(14-27-21)17-12-13-17)22(26)25(23)18-10-6-3-7-11-18/h2-11,14-15,17H,12-13H2,1H3. The van der Waals surface area contributed by atoms with Crippen LogP contribution in [0.4, 0.5) is 0 Å². The number of fused-ring (bicyclic) bond motifs is 1. The van der Waals surface area contributed by atoms with Gasteiger partial charge in [0.05, 0.1) is 11.1 Å². The van der Waals surface area contributed by atoms with Crippen molar-refractivity contribution in [3.63, 3.8) is 0 Å². The fraction of sp³-hybridized carbons (Fsp3) is 0.217. The van der Waals surface area contributed by atoms with Crippen molar-refractivity contribution in [1.82, 2.24) is 9.55 Å². The lowest BCUT2D eigenvalue weighted by atomic mass is 10.1. The average molecular weight is 405 g/mol. The molecular formula is C23H20N2OS2. The second-order valence-corrected chi connectivity index (χ2v) is 9.35. The normalized spacial score (nSPS) is 15.0. The van der Waals surface area contributed by atoms with Gasteiger partial charge in [-0.1, -0.05) is 60.3 Å². The topological polar surface area (TPSA) is 34.9 Å². The molecule has 0 amide bonds. The number of nitrogens with zero attached hydrogens (tertiary/aromatic N) is 2. The Labute approximate surface area is 172 Å². The van der Waals surface area contributed by atoms with E-state index in [1.165, 1.54) is 24.0 Å². The first-order chi connectivity index (χ1) is 13.7. The van der Waals surface area contributed by atoms with Crippen molar-refractivity contribution in [1.29, 1.82) is 0 Å². The van der Waals surface area contributed by atoms with E-state index in [0.717, 1.165) is 21.1 Å². The largest absolute Gasteiger partial charge is 0.268 e. The Morgan fingerprint density at radius 3 is 2.43 bits per heavy atom. The molecule has 4 aromatic rings. The second-order valence-electron chi connectivity index (χ2n) is 7.19. The number of thioether (sulfide) groups is 1. The van der Waals surface area contributed by atoms with Crippen molar-refractivity contribution in [2.24, 2.45) is 0 Å². The molecule has 2 aromatic heterocycles. The average Bonchev–Trinajstić information content (AvgIpc) is 3.49. The number of benzene rings is 2. The minimum atomic E-state index is 0.0575. The lowest BCUT2D eigenvalue weighted by Gasteiger charge is -2.16. The molecule has 28 heavy (non-hydrogen) atoms. The van der Waals surface area contributed by atoms with Gasteiger partial charge in [-0.05, 0) is 54.3 Å². The molecule has 1 fully saturated rings. The number of hydrogen-bond acceptors (Lipinski definition) is 4. The van der Waals surface area contributed by atoms with Crippen LogP contribution in [-0.2, 0) is 0 Å². The number of aromatic nitrogens is 2. The molecule has 1 saturated carbocycles. The lowest BCUT2D eigenvalue weighted by Crippen LogP contribution is -2.22. The number of rotatable bonds is 5. The third-order valence-corrected chi connectivity index (χ3v) is 7.19. The zero-order valence-corrected chi connectivity index (χ0v) is 17.2. The Kier molecular flexibility index (Phi) is 4.57. The molecule has 0 saturated heterocycles. The molecular weight excluding hydrogens is 384 g/mol. The van der Waals surface area contributed by atoms with Crippen LogP contribution in [0, 0.1) is 0 Å². The van der Waals surface area contributed by atoms with Crippen LogP contribution in [0.1, 0.15) is 42.1 Å². The van der Waals surface area contributed by atoms with Crippen LogP contribution in [-0.4, -0.2) is 9.55 Å². The first-order valence-corrected chi connectivity index (χ1v) is 11.3. The summed E-state index contributed by atoms with van der Waals surface area (Å²) in [4.78, 5) is 19.4. The van der Waals surface area contributed by atoms with Crippen LogP contribution in [0.5, 0.6) is 0 Å². The van der Waals surface area contributed by atoms with Gasteiger partial charge in [0.15, 0.2) is 5.16 Å². The molecule has 1 aliphatic rings.